The van der Waals surface area contributed by atoms with Crippen molar-refractivity contribution in [2.45, 2.75) is 79.1 Å². The average Bonchev–Trinajstić information content (AvgIpc) is 3.03. The lowest BCUT2D eigenvalue weighted by Gasteiger charge is -2.25. The lowest BCUT2D eigenvalue weighted by molar-refractivity contribution is -0.104. The number of carbonyl (C=O) groups excluding carboxylic acids is 1. The van der Waals surface area contributed by atoms with Gasteiger partial charge in [-0.1, -0.05) is 53.4 Å². The van der Waals surface area contributed by atoms with Crippen LogP contribution in [0.3, 0.4) is 0 Å². The zero-order valence-corrected chi connectivity index (χ0v) is 26.9. The number of unbranched alkanes of at least 4 members (excludes halogenated alkanes) is 4. The van der Waals surface area contributed by atoms with Crippen LogP contribution < -0.4 is 19.3 Å². The third kappa shape index (κ3) is 13.3. The van der Waals surface area contributed by atoms with Gasteiger partial charge in [0.05, 0.1) is 20.3 Å². The molecule has 0 aliphatic rings. The lowest BCUT2D eigenvalue weighted by Crippen LogP contribution is -2.25. The minimum absolute atomic E-state index is 0.780. The zero-order valence-electron chi connectivity index (χ0n) is 26.9. The monoisotopic (exact) mass is 575 g/mol. The van der Waals surface area contributed by atoms with Crippen molar-refractivity contribution in [3.8, 4) is 17.6 Å². The van der Waals surface area contributed by atoms with Crippen LogP contribution in [0.1, 0.15) is 90.2 Å². The first kappa shape index (κ1) is 36.3. The molecule has 0 fully saturated rings. The second-order valence-corrected chi connectivity index (χ2v) is 10.2. The van der Waals surface area contributed by atoms with Crippen molar-refractivity contribution < 1.29 is 14.3 Å². The molecule has 0 heterocycles. The molecule has 6 heteroatoms. The van der Waals surface area contributed by atoms with E-state index >= 15 is 0 Å². The summed E-state index contributed by atoms with van der Waals surface area (Å²) in [6.45, 7) is 13.2. The Balaban J connectivity index is 0.000000420. The molecule has 0 saturated heterocycles. The molecule has 0 N–H and O–H groups in total. The van der Waals surface area contributed by atoms with Gasteiger partial charge >= 0.3 is 0 Å². The van der Waals surface area contributed by atoms with E-state index in [1.807, 2.05) is 18.2 Å². The minimum atomic E-state index is 0.780. The molecule has 42 heavy (non-hydrogen) atoms. The molecule has 0 saturated carbocycles. The number of allylic oxidation sites excluding steroid dienone is 2. The minimum Gasteiger partial charge on any atom is -0.496 e. The summed E-state index contributed by atoms with van der Waals surface area (Å²) in [6, 6.07) is 14.4. The Bertz CT molecular complexity index is 1100. The van der Waals surface area contributed by atoms with Gasteiger partial charge in [0.25, 0.3) is 0 Å². The molecule has 2 aromatic rings. The van der Waals surface area contributed by atoms with Crippen molar-refractivity contribution in [1.82, 2.24) is 0 Å². The SMILES string of the molecule is CCCCN(CCCC)c1ccc(/C=C/C#N)c(OC)c1.CCCCN(CCCC)c1ccc(/C=C/C=O)c(OC)c1. The van der Waals surface area contributed by atoms with Crippen molar-refractivity contribution in [2.75, 3.05) is 50.2 Å². The molecule has 0 radical (unpaired) electrons. The van der Waals surface area contributed by atoms with E-state index in [-0.39, 0.29) is 0 Å². The van der Waals surface area contributed by atoms with E-state index in [4.69, 9.17) is 14.7 Å². The summed E-state index contributed by atoms with van der Waals surface area (Å²) < 4.78 is 10.9. The van der Waals surface area contributed by atoms with Gasteiger partial charge in [0.15, 0.2) is 0 Å². The molecule has 6 nitrogen and oxygen atoms in total. The van der Waals surface area contributed by atoms with E-state index in [0.29, 0.717) is 0 Å². The number of nitrogens with zero attached hydrogens (tertiary/aromatic N) is 3. The maximum atomic E-state index is 10.5. The summed E-state index contributed by atoms with van der Waals surface area (Å²) in [4.78, 5) is 15.3. The summed E-state index contributed by atoms with van der Waals surface area (Å²) in [6.07, 6.45) is 16.9. The Morgan fingerprint density at radius 2 is 1.10 bits per heavy atom. The topological polar surface area (TPSA) is 65.8 Å². The van der Waals surface area contributed by atoms with E-state index in [1.165, 1.54) is 74.9 Å². The van der Waals surface area contributed by atoms with Crippen molar-refractivity contribution in [3.05, 3.63) is 59.7 Å². The molecule has 2 aromatic carbocycles. The van der Waals surface area contributed by atoms with E-state index in [2.05, 4.69) is 61.8 Å². The summed E-state index contributed by atoms with van der Waals surface area (Å²) in [5.74, 6) is 1.63. The molecule has 0 aromatic heterocycles. The van der Waals surface area contributed by atoms with Crippen molar-refractivity contribution in [3.63, 3.8) is 0 Å². The summed E-state index contributed by atoms with van der Waals surface area (Å²) in [5.41, 5.74) is 4.26. The second kappa shape index (κ2) is 22.9. The molecule has 230 valence electrons. The van der Waals surface area contributed by atoms with E-state index < -0.39 is 0 Å². The Hall–Kier alpha value is -3.72. The highest BCUT2D eigenvalue weighted by Crippen LogP contribution is 2.28. The maximum absolute atomic E-state index is 10.5. The van der Waals surface area contributed by atoms with Crippen molar-refractivity contribution >= 4 is 29.8 Å². The fourth-order valence-electron chi connectivity index (χ4n) is 4.47. The number of benzene rings is 2. The van der Waals surface area contributed by atoms with E-state index in [9.17, 15) is 4.79 Å². The van der Waals surface area contributed by atoms with E-state index in [0.717, 1.165) is 55.1 Å². The molecule has 0 bridgehead atoms. The molecule has 0 spiro atoms. The number of rotatable bonds is 19. The fourth-order valence-corrected chi connectivity index (χ4v) is 4.47. The lowest BCUT2D eigenvalue weighted by atomic mass is 10.1. The van der Waals surface area contributed by atoms with Crippen LogP contribution in [0, 0.1) is 11.3 Å². The largest absolute Gasteiger partial charge is 0.496 e. The van der Waals surface area contributed by atoms with Gasteiger partial charge in [0, 0.05) is 66.9 Å². The fraction of sp³-hybridized carbons (Fsp3) is 0.500. The Labute approximate surface area is 255 Å². The molecular formula is C36H53N3O3. The highest BCUT2D eigenvalue weighted by molar-refractivity contribution is 5.76. The third-order valence-electron chi connectivity index (χ3n) is 6.98. The van der Waals surface area contributed by atoms with Crippen LogP contribution in [0.5, 0.6) is 11.5 Å². The van der Waals surface area contributed by atoms with Crippen LogP contribution in [0.4, 0.5) is 11.4 Å². The van der Waals surface area contributed by atoms with Gasteiger partial charge in [-0.2, -0.15) is 5.26 Å². The van der Waals surface area contributed by atoms with Crippen LogP contribution in [0.2, 0.25) is 0 Å². The summed E-state index contributed by atoms with van der Waals surface area (Å²) >= 11 is 0. The predicted molar refractivity (Wildman–Crippen MR) is 180 cm³/mol. The molecular weight excluding hydrogens is 522 g/mol. The number of carbonyl (C=O) groups is 1. The van der Waals surface area contributed by atoms with Gasteiger partial charge in [-0.15, -0.1) is 0 Å². The highest BCUT2D eigenvalue weighted by atomic mass is 16.5. The molecule has 0 aliphatic carbocycles. The molecule has 2 rings (SSSR count). The predicted octanol–water partition coefficient (Wildman–Crippen LogP) is 8.95. The zero-order chi connectivity index (χ0) is 31.0. The molecule has 0 amide bonds. The first-order valence-corrected chi connectivity index (χ1v) is 15.6. The van der Waals surface area contributed by atoms with Crippen LogP contribution in [-0.4, -0.2) is 46.7 Å². The van der Waals surface area contributed by atoms with Gasteiger partial charge < -0.3 is 19.3 Å². The van der Waals surface area contributed by atoms with Gasteiger partial charge in [-0.05, 0) is 68.2 Å². The number of hydrogen-bond donors (Lipinski definition) is 0. The highest BCUT2D eigenvalue weighted by Gasteiger charge is 2.10. The number of aldehydes is 1. The van der Waals surface area contributed by atoms with E-state index in [1.54, 1.807) is 26.4 Å². The van der Waals surface area contributed by atoms with Gasteiger partial charge in [-0.3, -0.25) is 4.79 Å². The smallest absolute Gasteiger partial charge is 0.142 e. The van der Waals surface area contributed by atoms with Gasteiger partial charge in [0.2, 0.25) is 0 Å². The Morgan fingerprint density at radius 3 is 1.43 bits per heavy atom. The number of methoxy groups -OCH3 is 2. The molecule has 0 aliphatic heterocycles. The number of anilines is 2. The van der Waals surface area contributed by atoms with Gasteiger partial charge in [-0.25, -0.2) is 0 Å². The van der Waals surface area contributed by atoms with Crippen LogP contribution in [0.25, 0.3) is 12.2 Å². The third-order valence-corrected chi connectivity index (χ3v) is 6.98. The van der Waals surface area contributed by atoms with Crippen LogP contribution in [-0.2, 0) is 4.79 Å². The molecule has 0 atom stereocenters. The standard InChI is InChI=1S/C18H26N2O.C18H27NO2/c1-4-6-13-20(14-7-5-2)17-11-10-16(9-8-12-19)18(15-17)21-3;1-4-6-12-19(13-7-5-2)17-11-10-16(9-8-14-20)18(15-17)21-3/h8-11,15H,4-7,13-14H2,1-3H3;8-11,14-15H,4-7,12-13H2,1-3H3/b2*9-8+. The first-order chi connectivity index (χ1) is 20.5. The maximum Gasteiger partial charge on any atom is 0.142 e. The summed E-state index contributed by atoms with van der Waals surface area (Å²) in [5, 5.41) is 8.64. The Kier molecular flexibility index (Phi) is 19.8. The number of ether oxygens (including phenoxy) is 2. The number of nitriles is 1. The average molecular weight is 576 g/mol. The van der Waals surface area contributed by atoms with Gasteiger partial charge in [0.1, 0.15) is 17.8 Å². The van der Waals surface area contributed by atoms with Crippen molar-refractivity contribution in [2.24, 2.45) is 0 Å². The Morgan fingerprint density at radius 1 is 0.690 bits per heavy atom. The first-order valence-electron chi connectivity index (χ1n) is 15.6. The van der Waals surface area contributed by atoms with Crippen LogP contribution >= 0.6 is 0 Å². The van der Waals surface area contributed by atoms with Crippen LogP contribution in [0.15, 0.2) is 48.6 Å². The number of hydrogen-bond acceptors (Lipinski definition) is 6. The second-order valence-electron chi connectivity index (χ2n) is 10.2. The summed E-state index contributed by atoms with van der Waals surface area (Å²) in [7, 11) is 3.34. The molecule has 0 unspecified atom stereocenters. The van der Waals surface area contributed by atoms with Crippen molar-refractivity contribution in [1.29, 1.82) is 5.26 Å². The quantitative estimate of drug-likeness (QED) is 0.0946. The normalized spacial score (nSPS) is 10.7.